The summed E-state index contributed by atoms with van der Waals surface area (Å²) in [6.07, 6.45) is -1.03. The van der Waals surface area contributed by atoms with Crippen molar-refractivity contribution in [2.45, 2.75) is 25.2 Å². The molecule has 0 heterocycles. The van der Waals surface area contributed by atoms with Gasteiger partial charge in [0.1, 0.15) is 0 Å². The Bertz CT molecular complexity index is 456. The summed E-state index contributed by atoms with van der Waals surface area (Å²) in [4.78, 5) is 0. The highest BCUT2D eigenvalue weighted by Gasteiger charge is 2.27. The lowest BCUT2D eigenvalue weighted by Crippen LogP contribution is -2.26. The molecule has 0 spiro atoms. The Kier molecular flexibility index (Phi) is 3.93. The van der Waals surface area contributed by atoms with E-state index in [2.05, 4.69) is 0 Å². The molecular formula is C11H17NO3S. The van der Waals surface area contributed by atoms with Crippen molar-refractivity contribution in [1.29, 1.82) is 0 Å². The van der Waals surface area contributed by atoms with Crippen molar-refractivity contribution in [2.75, 3.05) is 11.5 Å². The summed E-state index contributed by atoms with van der Waals surface area (Å²) in [6.45, 7) is 3.07. The van der Waals surface area contributed by atoms with E-state index in [-0.39, 0.29) is 5.75 Å². The van der Waals surface area contributed by atoms with Crippen LogP contribution in [0.2, 0.25) is 0 Å². The fourth-order valence-corrected chi connectivity index (χ4v) is 2.55. The van der Waals surface area contributed by atoms with Crippen LogP contribution in [0, 0.1) is 0 Å². The van der Waals surface area contributed by atoms with Gasteiger partial charge in [0.15, 0.2) is 9.84 Å². The highest BCUT2D eigenvalue weighted by Crippen LogP contribution is 2.23. The first-order valence-corrected chi connectivity index (χ1v) is 6.85. The van der Waals surface area contributed by atoms with Crippen LogP contribution in [0.1, 0.15) is 25.5 Å². The molecule has 0 saturated heterocycles. The minimum Gasteiger partial charge on any atom is -0.399 e. The van der Waals surface area contributed by atoms with Gasteiger partial charge in [-0.05, 0) is 24.6 Å². The monoisotopic (exact) mass is 243 g/mol. The summed E-state index contributed by atoms with van der Waals surface area (Å²) in [7, 11) is -3.25. The van der Waals surface area contributed by atoms with E-state index in [1.165, 1.54) is 6.92 Å². The molecule has 90 valence electrons. The van der Waals surface area contributed by atoms with Crippen LogP contribution in [0.3, 0.4) is 0 Å². The Labute approximate surface area is 96.0 Å². The molecule has 0 bridgehead atoms. The van der Waals surface area contributed by atoms with E-state index >= 15 is 0 Å². The fourth-order valence-electron chi connectivity index (χ4n) is 1.47. The van der Waals surface area contributed by atoms with Gasteiger partial charge in [0, 0.05) is 11.4 Å². The van der Waals surface area contributed by atoms with Crippen molar-refractivity contribution >= 4 is 15.5 Å². The zero-order chi connectivity index (χ0) is 12.3. The van der Waals surface area contributed by atoms with Crippen molar-refractivity contribution in [3.63, 3.8) is 0 Å². The molecule has 0 fully saturated rings. The number of nitrogen functional groups attached to an aromatic ring is 1. The first kappa shape index (κ1) is 13.0. The topological polar surface area (TPSA) is 80.4 Å². The quantitative estimate of drug-likeness (QED) is 0.777. The second kappa shape index (κ2) is 4.84. The minimum absolute atomic E-state index is 0.0214. The van der Waals surface area contributed by atoms with Crippen LogP contribution >= 0.6 is 0 Å². The van der Waals surface area contributed by atoms with Crippen LogP contribution in [-0.4, -0.2) is 24.5 Å². The summed E-state index contributed by atoms with van der Waals surface area (Å²) < 4.78 is 23.2. The van der Waals surface area contributed by atoms with Gasteiger partial charge in [-0.15, -0.1) is 0 Å². The maximum absolute atomic E-state index is 11.6. The van der Waals surface area contributed by atoms with Gasteiger partial charge in [-0.25, -0.2) is 8.42 Å². The van der Waals surface area contributed by atoms with Crippen LogP contribution in [0.5, 0.6) is 0 Å². The van der Waals surface area contributed by atoms with Gasteiger partial charge in [-0.1, -0.05) is 19.1 Å². The summed E-state index contributed by atoms with van der Waals surface area (Å²) in [5, 5.41) is 9.13. The van der Waals surface area contributed by atoms with Gasteiger partial charge >= 0.3 is 0 Å². The standard InChI is InChI=1S/C11H17NO3S/c1-3-16(14,15)8(2)11(13)9-5-4-6-10(12)7-9/h4-8,11,13H,3,12H2,1-2H3/t8-,11-/m0/s1. The number of hydrogen-bond donors (Lipinski definition) is 2. The lowest BCUT2D eigenvalue weighted by molar-refractivity contribution is 0.176. The normalized spacial score (nSPS) is 15.7. The van der Waals surface area contributed by atoms with E-state index in [0.29, 0.717) is 11.3 Å². The van der Waals surface area contributed by atoms with Crippen molar-refractivity contribution in [3.05, 3.63) is 29.8 Å². The molecule has 1 rings (SSSR count). The number of hydrogen-bond acceptors (Lipinski definition) is 4. The Morgan fingerprint density at radius 1 is 1.44 bits per heavy atom. The average molecular weight is 243 g/mol. The second-order valence-electron chi connectivity index (χ2n) is 3.77. The molecule has 16 heavy (non-hydrogen) atoms. The van der Waals surface area contributed by atoms with E-state index < -0.39 is 21.2 Å². The number of aliphatic hydroxyl groups is 1. The molecule has 2 atom stereocenters. The van der Waals surface area contributed by atoms with E-state index in [1.807, 2.05) is 0 Å². The molecule has 0 saturated carbocycles. The van der Waals surface area contributed by atoms with Gasteiger partial charge in [0.2, 0.25) is 0 Å². The highest BCUT2D eigenvalue weighted by molar-refractivity contribution is 7.92. The number of rotatable bonds is 4. The minimum atomic E-state index is -3.25. The van der Waals surface area contributed by atoms with Gasteiger partial charge in [0.25, 0.3) is 0 Å². The molecule has 1 aromatic carbocycles. The highest BCUT2D eigenvalue weighted by atomic mass is 32.2. The van der Waals surface area contributed by atoms with Crippen molar-refractivity contribution in [2.24, 2.45) is 0 Å². The Morgan fingerprint density at radius 3 is 2.56 bits per heavy atom. The predicted octanol–water partition coefficient (Wildman–Crippen LogP) is 1.13. The van der Waals surface area contributed by atoms with Gasteiger partial charge < -0.3 is 10.8 Å². The fraction of sp³-hybridized carbons (Fsp3) is 0.455. The van der Waals surface area contributed by atoms with E-state index in [1.54, 1.807) is 31.2 Å². The molecule has 0 radical (unpaired) electrons. The third-order valence-electron chi connectivity index (χ3n) is 2.67. The Morgan fingerprint density at radius 2 is 2.06 bits per heavy atom. The molecule has 0 aliphatic heterocycles. The smallest absolute Gasteiger partial charge is 0.155 e. The third-order valence-corrected chi connectivity index (χ3v) is 4.86. The molecule has 5 heteroatoms. The van der Waals surface area contributed by atoms with Gasteiger partial charge in [0.05, 0.1) is 11.4 Å². The molecule has 4 nitrogen and oxygen atoms in total. The van der Waals surface area contributed by atoms with E-state index in [4.69, 9.17) is 5.73 Å². The number of benzene rings is 1. The molecule has 1 aromatic rings. The van der Waals surface area contributed by atoms with Crippen molar-refractivity contribution < 1.29 is 13.5 Å². The molecular weight excluding hydrogens is 226 g/mol. The average Bonchev–Trinajstić information content (AvgIpc) is 2.27. The summed E-state index contributed by atoms with van der Waals surface area (Å²) in [6, 6.07) is 6.64. The lowest BCUT2D eigenvalue weighted by Gasteiger charge is -2.19. The van der Waals surface area contributed by atoms with Crippen molar-refractivity contribution in [1.82, 2.24) is 0 Å². The largest absolute Gasteiger partial charge is 0.399 e. The van der Waals surface area contributed by atoms with Crippen LogP contribution in [-0.2, 0) is 9.84 Å². The Balaban J connectivity index is 2.99. The van der Waals surface area contributed by atoms with Gasteiger partial charge in [-0.3, -0.25) is 0 Å². The van der Waals surface area contributed by atoms with E-state index in [0.717, 1.165) is 0 Å². The number of anilines is 1. The zero-order valence-electron chi connectivity index (χ0n) is 9.42. The second-order valence-corrected chi connectivity index (χ2v) is 6.42. The zero-order valence-corrected chi connectivity index (χ0v) is 10.2. The first-order valence-electron chi connectivity index (χ1n) is 5.13. The van der Waals surface area contributed by atoms with Crippen LogP contribution in [0.4, 0.5) is 5.69 Å². The molecule has 0 aliphatic carbocycles. The molecule has 0 unspecified atom stereocenters. The van der Waals surface area contributed by atoms with Crippen molar-refractivity contribution in [3.8, 4) is 0 Å². The van der Waals surface area contributed by atoms with E-state index in [9.17, 15) is 13.5 Å². The lowest BCUT2D eigenvalue weighted by atomic mass is 10.1. The van der Waals surface area contributed by atoms with Crippen LogP contribution in [0.15, 0.2) is 24.3 Å². The van der Waals surface area contributed by atoms with Crippen LogP contribution < -0.4 is 5.73 Å². The van der Waals surface area contributed by atoms with Gasteiger partial charge in [-0.2, -0.15) is 0 Å². The summed E-state index contributed by atoms with van der Waals surface area (Å²) >= 11 is 0. The maximum atomic E-state index is 11.6. The number of aliphatic hydroxyl groups excluding tert-OH is 1. The molecule has 0 aromatic heterocycles. The SMILES string of the molecule is CCS(=O)(=O)[C@@H](C)[C@H](O)c1cccc(N)c1. The number of nitrogens with two attached hydrogens (primary N) is 1. The number of sulfone groups is 1. The first-order chi connectivity index (χ1) is 7.38. The van der Waals surface area contributed by atoms with Crippen LogP contribution in [0.25, 0.3) is 0 Å². The third kappa shape index (κ3) is 2.74. The molecule has 0 aliphatic rings. The Hall–Kier alpha value is -1.07. The maximum Gasteiger partial charge on any atom is 0.155 e. The predicted molar refractivity (Wildman–Crippen MR) is 64.7 cm³/mol. The molecule has 0 amide bonds. The summed E-state index contributed by atoms with van der Waals surface area (Å²) in [5.41, 5.74) is 6.62. The summed E-state index contributed by atoms with van der Waals surface area (Å²) in [5.74, 6) is 0.0214. The molecule has 3 N–H and O–H groups in total.